The Morgan fingerprint density at radius 3 is 2.50 bits per heavy atom. The number of aromatic nitrogens is 2. The number of halogens is 5. The smallest absolute Gasteiger partial charge is 0.310 e. The number of rotatable bonds is 5. The van der Waals surface area contributed by atoms with Crippen molar-refractivity contribution in [2.75, 3.05) is 25.2 Å². The predicted molar refractivity (Wildman–Crippen MR) is 93.7 cm³/mol. The van der Waals surface area contributed by atoms with Crippen LogP contribution in [-0.4, -0.2) is 40.7 Å². The Morgan fingerprint density at radius 1 is 1.18 bits per heavy atom. The first-order valence-electron chi connectivity index (χ1n) is 8.18. The zero-order valence-electron chi connectivity index (χ0n) is 14.5. The van der Waals surface area contributed by atoms with Crippen LogP contribution in [0.1, 0.15) is 22.3 Å². The van der Waals surface area contributed by atoms with Crippen molar-refractivity contribution >= 4 is 22.1 Å². The maximum absolute atomic E-state index is 12.9. The summed E-state index contributed by atoms with van der Waals surface area (Å²) in [5, 5.41) is 2.64. The van der Waals surface area contributed by atoms with Crippen molar-refractivity contribution in [3.63, 3.8) is 0 Å². The molecule has 2 aromatic rings. The highest BCUT2D eigenvalue weighted by atomic mass is 32.5. The van der Waals surface area contributed by atoms with Crippen LogP contribution in [0.5, 0.6) is 0 Å². The van der Waals surface area contributed by atoms with Crippen LogP contribution < -0.4 is 5.32 Å². The molecule has 2 heterocycles. The molecule has 3 rings (SSSR count). The predicted octanol–water partition coefficient (Wildman–Crippen LogP) is 4.57. The number of benzene rings is 1. The van der Waals surface area contributed by atoms with Crippen molar-refractivity contribution in [3.05, 3.63) is 47.8 Å². The average Bonchev–Trinajstić information content (AvgIpc) is 2.65. The number of hydrogen-bond donors (Lipinski definition) is 1. The average molecular weight is 424 g/mol. The lowest BCUT2D eigenvalue weighted by Gasteiger charge is -2.40. The fraction of sp³-hybridized carbons (Fsp3) is 0.312. The van der Waals surface area contributed by atoms with Gasteiger partial charge in [0, 0.05) is 25.5 Å². The largest absolute Gasteiger partial charge is 0.361 e. The number of nitrogens with one attached hydrogen (secondary N) is 1. The number of nitrogens with zero attached hydrogens (tertiary/aromatic N) is 3. The van der Waals surface area contributed by atoms with E-state index >= 15 is 0 Å². The van der Waals surface area contributed by atoms with Crippen LogP contribution in [0, 0.1) is 0 Å². The van der Waals surface area contributed by atoms with Crippen molar-refractivity contribution in [1.29, 1.82) is 0 Å². The second-order valence-corrected chi connectivity index (χ2v) is 8.63. The van der Waals surface area contributed by atoms with Crippen molar-refractivity contribution in [2.45, 2.75) is 17.9 Å². The molecule has 0 aliphatic carbocycles. The zero-order chi connectivity index (χ0) is 20.5. The van der Waals surface area contributed by atoms with E-state index < -0.39 is 15.1 Å². The van der Waals surface area contributed by atoms with Crippen LogP contribution in [0.15, 0.2) is 41.6 Å². The molecule has 6 nitrogen and oxygen atoms in total. The normalized spacial score (nSPS) is 17.5. The van der Waals surface area contributed by atoms with Crippen LogP contribution >= 0.6 is 10.2 Å². The van der Waals surface area contributed by atoms with Crippen LogP contribution in [0.3, 0.4) is 0 Å². The van der Waals surface area contributed by atoms with Crippen LogP contribution in [0.25, 0.3) is 0 Å². The molecule has 0 bridgehead atoms. The van der Waals surface area contributed by atoms with Gasteiger partial charge in [-0.2, -0.15) is 0 Å². The number of anilines is 1. The van der Waals surface area contributed by atoms with Crippen molar-refractivity contribution < 1.29 is 29.0 Å². The summed E-state index contributed by atoms with van der Waals surface area (Å²) in [6, 6.07) is 2.91. The van der Waals surface area contributed by atoms with E-state index in [1.165, 1.54) is 23.4 Å². The number of hydrogen-bond acceptors (Lipinski definition) is 5. The fourth-order valence-corrected chi connectivity index (χ4v) is 3.26. The van der Waals surface area contributed by atoms with Gasteiger partial charge < -0.3 is 15.0 Å². The summed E-state index contributed by atoms with van der Waals surface area (Å²) in [5.74, 6) is -0.251. The van der Waals surface area contributed by atoms with Crippen LogP contribution in [-0.2, 0) is 11.3 Å². The van der Waals surface area contributed by atoms with Crippen LogP contribution in [0.4, 0.5) is 25.4 Å². The first-order chi connectivity index (χ1) is 12.9. The van der Waals surface area contributed by atoms with Crippen molar-refractivity contribution in [3.8, 4) is 0 Å². The Labute approximate surface area is 157 Å². The minimum atomic E-state index is -9.73. The van der Waals surface area contributed by atoms with E-state index in [2.05, 4.69) is 15.3 Å². The molecule has 1 aliphatic heterocycles. The molecule has 0 spiro atoms. The van der Waals surface area contributed by atoms with Crippen molar-refractivity contribution in [1.82, 2.24) is 14.9 Å². The van der Waals surface area contributed by atoms with Gasteiger partial charge in [0.05, 0.1) is 12.2 Å². The molecule has 154 valence electrons. The van der Waals surface area contributed by atoms with Gasteiger partial charge in [0.15, 0.2) is 0 Å². The lowest BCUT2D eigenvalue weighted by molar-refractivity contribution is -0.00575. The summed E-state index contributed by atoms with van der Waals surface area (Å²) in [6.07, 6.45) is 3.28. The van der Waals surface area contributed by atoms with Gasteiger partial charge in [-0.1, -0.05) is 31.6 Å². The van der Waals surface area contributed by atoms with Gasteiger partial charge >= 0.3 is 10.2 Å². The number of carbonyl (C=O) groups excluding carboxylic acids is 1. The highest BCUT2D eigenvalue weighted by Gasteiger charge is 2.65. The van der Waals surface area contributed by atoms with Crippen LogP contribution in [0.2, 0.25) is 0 Å². The maximum Gasteiger partial charge on any atom is 0.310 e. The monoisotopic (exact) mass is 424 g/mol. The van der Waals surface area contributed by atoms with E-state index in [9.17, 15) is 24.2 Å². The molecule has 1 saturated heterocycles. The molecule has 0 saturated carbocycles. The van der Waals surface area contributed by atoms with Crippen molar-refractivity contribution in [2.24, 2.45) is 0 Å². The van der Waals surface area contributed by atoms with Gasteiger partial charge in [-0.15, -0.1) is 0 Å². The highest BCUT2D eigenvalue weighted by molar-refractivity contribution is 8.45. The third-order valence-electron chi connectivity index (χ3n) is 3.94. The van der Waals surface area contributed by atoms with E-state index in [1.54, 1.807) is 0 Å². The Bertz CT molecular complexity index is 871. The molecular weight excluding hydrogens is 407 g/mol. The highest BCUT2D eigenvalue weighted by Crippen LogP contribution is 3.02. The molecule has 1 aromatic carbocycles. The minimum absolute atomic E-state index is 0.0139. The first kappa shape index (κ1) is 20.3. The summed E-state index contributed by atoms with van der Waals surface area (Å²) in [4.78, 5) is 19.7. The van der Waals surface area contributed by atoms with E-state index in [1.807, 2.05) is 0 Å². The Balaban J connectivity index is 1.65. The molecule has 12 heteroatoms. The Kier molecular flexibility index (Phi) is 4.74. The second kappa shape index (κ2) is 6.55. The van der Waals surface area contributed by atoms with Gasteiger partial charge in [0.25, 0.3) is 5.91 Å². The number of ether oxygens (including phenoxy) is 1. The topological polar surface area (TPSA) is 67.4 Å². The molecule has 28 heavy (non-hydrogen) atoms. The molecule has 1 aromatic heterocycles. The Morgan fingerprint density at radius 2 is 1.89 bits per heavy atom. The minimum Gasteiger partial charge on any atom is -0.361 e. The van der Waals surface area contributed by atoms with Gasteiger partial charge in [-0.25, -0.2) is 9.97 Å². The summed E-state index contributed by atoms with van der Waals surface area (Å²) in [5.41, 5.74) is 0.221. The number of amides is 1. The van der Waals surface area contributed by atoms with Gasteiger partial charge in [-0.3, -0.25) is 4.79 Å². The van der Waals surface area contributed by atoms with Gasteiger partial charge in [-0.05, 0) is 24.1 Å². The van der Waals surface area contributed by atoms with E-state index in [0.29, 0.717) is 25.3 Å². The third-order valence-corrected chi connectivity index (χ3v) is 5.09. The third kappa shape index (κ3) is 5.07. The summed E-state index contributed by atoms with van der Waals surface area (Å²) >= 11 is 0. The second-order valence-electron chi connectivity index (χ2n) is 6.22. The molecule has 0 atom stereocenters. The molecule has 1 amide bonds. The van der Waals surface area contributed by atoms with E-state index in [-0.39, 0.29) is 36.3 Å². The molecule has 0 unspecified atom stereocenters. The number of carbonyl (C=O) groups is 1. The first-order valence-corrected chi connectivity index (χ1v) is 10.1. The van der Waals surface area contributed by atoms with Gasteiger partial charge in [0.1, 0.15) is 11.6 Å². The fourth-order valence-electron chi connectivity index (χ4n) is 2.55. The van der Waals surface area contributed by atoms with E-state index in [0.717, 1.165) is 12.5 Å². The zero-order valence-corrected chi connectivity index (χ0v) is 15.3. The molecule has 1 N–H and O–H groups in total. The standard InChI is InChI=1S/C16H17F5N4O2S/c17-28(18,19,20,21)14-4-1-3-12(7-14)8-22-16-23-9-13(10-24-16)15(26)25-5-2-6-27-11-25/h1,3-4,7,9-10H,2,5-6,8,11H2,(H,22,23,24). The summed E-state index contributed by atoms with van der Waals surface area (Å²) in [6.45, 7) is 1.13. The van der Waals surface area contributed by atoms with E-state index in [4.69, 9.17) is 4.74 Å². The molecule has 1 fully saturated rings. The lowest BCUT2D eigenvalue weighted by atomic mass is 10.2. The lowest BCUT2D eigenvalue weighted by Crippen LogP contribution is -2.38. The summed E-state index contributed by atoms with van der Waals surface area (Å²) in [7, 11) is -9.73. The molecule has 0 radical (unpaired) electrons. The summed E-state index contributed by atoms with van der Waals surface area (Å²) < 4.78 is 69.6. The Hall–Kier alpha value is -2.47. The quantitative estimate of drug-likeness (QED) is 0.713. The molecular formula is C16H17F5N4O2S. The molecule has 1 aliphatic rings. The SMILES string of the molecule is O=C(c1cnc(NCc2cccc(S(F)(F)(F)(F)F)c2)nc1)N1CCCOC1. The van der Waals surface area contributed by atoms with Gasteiger partial charge in [0.2, 0.25) is 5.95 Å². The maximum atomic E-state index is 12.9.